The smallest absolute Gasteiger partial charge is 0.258 e. The molecule has 21 heavy (non-hydrogen) atoms. The minimum absolute atomic E-state index is 0.00157. The number of nitrogens with zero attached hydrogens (tertiary/aromatic N) is 2. The van der Waals surface area contributed by atoms with Gasteiger partial charge in [-0.2, -0.15) is 0 Å². The number of para-hydroxylation sites is 1. The third-order valence-electron chi connectivity index (χ3n) is 3.68. The van der Waals surface area contributed by atoms with Gasteiger partial charge in [-0.15, -0.1) is 11.8 Å². The number of amides is 1. The molecule has 7 heteroatoms. The molecular weight excluding hydrogens is 354 g/mol. The van der Waals surface area contributed by atoms with Crippen molar-refractivity contribution in [3.8, 4) is 0 Å². The summed E-state index contributed by atoms with van der Waals surface area (Å²) in [6.07, 6.45) is 0. The van der Waals surface area contributed by atoms with E-state index >= 15 is 0 Å². The Bertz CT molecular complexity index is 763. The fraction of sp³-hybridized carbons (Fsp3) is 0.357. The molecule has 1 aliphatic rings. The molecule has 0 aliphatic carbocycles. The van der Waals surface area contributed by atoms with Gasteiger partial charge in [-0.3, -0.25) is 9.59 Å². The fourth-order valence-electron chi connectivity index (χ4n) is 2.56. The second kappa shape index (κ2) is 5.46. The van der Waals surface area contributed by atoms with Crippen LogP contribution in [0.15, 0.2) is 29.1 Å². The van der Waals surface area contributed by atoms with E-state index in [0.29, 0.717) is 23.3 Å². The van der Waals surface area contributed by atoms with Gasteiger partial charge in [0.15, 0.2) is 0 Å². The van der Waals surface area contributed by atoms with Crippen LogP contribution in [0, 0.1) is 0 Å². The zero-order chi connectivity index (χ0) is 15.0. The highest BCUT2D eigenvalue weighted by Gasteiger charge is 2.43. The Labute approximate surface area is 134 Å². The van der Waals surface area contributed by atoms with Gasteiger partial charge in [0.25, 0.3) is 5.56 Å². The number of thioether (sulfide) groups is 1. The summed E-state index contributed by atoms with van der Waals surface area (Å²) in [6.45, 7) is 2.58. The molecule has 2 aromatic rings. The number of aromatic amines is 1. The summed E-state index contributed by atoms with van der Waals surface area (Å²) in [5.74, 6) is 1.35. The van der Waals surface area contributed by atoms with Gasteiger partial charge in [0.05, 0.1) is 16.2 Å². The number of halogens is 1. The van der Waals surface area contributed by atoms with Crippen molar-refractivity contribution < 1.29 is 4.79 Å². The maximum Gasteiger partial charge on any atom is 0.258 e. The second-order valence-corrected chi connectivity index (χ2v) is 6.99. The number of hydrogen-bond donors (Lipinski definition) is 1. The number of hydrogen-bond acceptors (Lipinski definition) is 4. The first-order valence-corrected chi connectivity index (χ1v) is 8.67. The number of benzene rings is 1. The lowest BCUT2D eigenvalue weighted by atomic mass is 10.2. The Kier molecular flexibility index (Phi) is 3.79. The zero-order valence-corrected chi connectivity index (χ0v) is 13.8. The van der Waals surface area contributed by atoms with Gasteiger partial charge in [0.2, 0.25) is 5.91 Å². The number of nitrogens with one attached hydrogen (secondary N) is 1. The minimum Gasteiger partial charge on any atom is -0.320 e. The van der Waals surface area contributed by atoms with Crippen LogP contribution in [0.3, 0.4) is 0 Å². The third-order valence-corrected chi connectivity index (χ3v) is 5.52. The lowest BCUT2D eigenvalue weighted by molar-refractivity contribution is -0.130. The molecule has 0 spiro atoms. The molecule has 1 N–H and O–H groups in total. The van der Waals surface area contributed by atoms with Crippen molar-refractivity contribution in [1.82, 2.24) is 14.9 Å². The highest BCUT2D eigenvalue weighted by atomic mass is 79.9. The van der Waals surface area contributed by atoms with E-state index in [0.717, 1.165) is 5.75 Å². The largest absolute Gasteiger partial charge is 0.320 e. The maximum atomic E-state index is 12.2. The Hall–Kier alpha value is -1.34. The molecule has 1 amide bonds. The van der Waals surface area contributed by atoms with E-state index in [-0.39, 0.29) is 16.8 Å². The molecule has 5 nitrogen and oxygen atoms in total. The van der Waals surface area contributed by atoms with Crippen LogP contribution in [-0.2, 0) is 9.67 Å². The molecule has 3 rings (SSSR count). The average Bonchev–Trinajstić information content (AvgIpc) is 2.90. The monoisotopic (exact) mass is 367 g/mol. The van der Waals surface area contributed by atoms with Gasteiger partial charge < -0.3 is 9.88 Å². The first-order valence-electron chi connectivity index (χ1n) is 6.56. The fourth-order valence-corrected chi connectivity index (χ4v) is 4.12. The molecule has 2 heterocycles. The van der Waals surface area contributed by atoms with Gasteiger partial charge in [-0.1, -0.05) is 28.1 Å². The topological polar surface area (TPSA) is 66.1 Å². The molecule has 0 saturated carbocycles. The van der Waals surface area contributed by atoms with E-state index in [4.69, 9.17) is 0 Å². The normalized spacial score (nSPS) is 21.9. The van der Waals surface area contributed by atoms with E-state index in [1.54, 1.807) is 22.7 Å². The van der Waals surface area contributed by atoms with Crippen LogP contribution in [0.2, 0.25) is 0 Å². The van der Waals surface area contributed by atoms with Crippen LogP contribution in [-0.4, -0.2) is 38.4 Å². The molecular formula is C14H14BrN3O2S. The standard InChI is InChI=1S/C14H14BrN3O2S/c1-14(18(6-7-21-14)11(19)8-15)13-16-10-5-3-2-4-9(10)12(20)17-13/h2-5H,6-8H2,1H3,(H,16,17,20). The summed E-state index contributed by atoms with van der Waals surface area (Å²) in [6, 6.07) is 7.22. The lowest BCUT2D eigenvalue weighted by Gasteiger charge is -2.32. The Morgan fingerprint density at radius 3 is 3.05 bits per heavy atom. The molecule has 1 aliphatic heterocycles. The Balaban J connectivity index is 2.15. The van der Waals surface area contributed by atoms with Gasteiger partial charge in [0.1, 0.15) is 10.7 Å². The van der Waals surface area contributed by atoms with Crippen molar-refractivity contribution in [1.29, 1.82) is 0 Å². The molecule has 1 unspecified atom stereocenters. The van der Waals surface area contributed by atoms with Crippen molar-refractivity contribution in [3.05, 3.63) is 40.4 Å². The molecule has 1 aromatic heterocycles. The summed E-state index contributed by atoms with van der Waals surface area (Å²) in [4.78, 5) is 32.9. The Morgan fingerprint density at radius 2 is 2.29 bits per heavy atom. The van der Waals surface area contributed by atoms with Gasteiger partial charge in [0, 0.05) is 12.3 Å². The van der Waals surface area contributed by atoms with Crippen molar-refractivity contribution in [2.45, 2.75) is 11.8 Å². The molecule has 0 radical (unpaired) electrons. The quantitative estimate of drug-likeness (QED) is 0.825. The summed E-state index contributed by atoms with van der Waals surface area (Å²) >= 11 is 4.83. The lowest BCUT2D eigenvalue weighted by Crippen LogP contribution is -2.44. The second-order valence-electron chi connectivity index (χ2n) is 4.94. The average molecular weight is 368 g/mol. The van der Waals surface area contributed by atoms with Crippen LogP contribution in [0.25, 0.3) is 10.9 Å². The highest BCUT2D eigenvalue weighted by Crippen LogP contribution is 2.42. The number of carbonyl (C=O) groups is 1. The summed E-state index contributed by atoms with van der Waals surface area (Å²) in [5, 5.41) is 0.826. The number of fused-ring (bicyclic) bond motifs is 1. The van der Waals surface area contributed by atoms with Gasteiger partial charge in [-0.05, 0) is 19.1 Å². The van der Waals surface area contributed by atoms with E-state index < -0.39 is 4.87 Å². The molecule has 1 atom stereocenters. The van der Waals surface area contributed by atoms with Crippen LogP contribution in [0.1, 0.15) is 12.7 Å². The first kappa shape index (κ1) is 14.6. The number of carbonyl (C=O) groups excluding carboxylic acids is 1. The molecule has 1 aromatic carbocycles. The molecule has 0 bridgehead atoms. The van der Waals surface area contributed by atoms with Crippen molar-refractivity contribution >= 4 is 44.5 Å². The summed E-state index contributed by atoms with van der Waals surface area (Å²) < 4.78 is 0. The predicted molar refractivity (Wildman–Crippen MR) is 87.7 cm³/mol. The highest BCUT2D eigenvalue weighted by molar-refractivity contribution is 9.09. The van der Waals surface area contributed by atoms with E-state index in [1.807, 2.05) is 25.1 Å². The van der Waals surface area contributed by atoms with Gasteiger partial charge >= 0.3 is 0 Å². The maximum absolute atomic E-state index is 12.2. The summed E-state index contributed by atoms with van der Waals surface area (Å²) in [7, 11) is 0. The predicted octanol–water partition coefficient (Wildman–Crippen LogP) is 2.07. The Morgan fingerprint density at radius 1 is 1.52 bits per heavy atom. The third kappa shape index (κ3) is 2.38. The van der Waals surface area contributed by atoms with E-state index in [2.05, 4.69) is 25.9 Å². The minimum atomic E-state index is -0.631. The summed E-state index contributed by atoms with van der Waals surface area (Å²) in [5.41, 5.74) is 0.479. The zero-order valence-electron chi connectivity index (χ0n) is 11.4. The first-order chi connectivity index (χ1) is 10.1. The van der Waals surface area contributed by atoms with Crippen LogP contribution in [0.5, 0.6) is 0 Å². The number of rotatable bonds is 2. The van der Waals surface area contributed by atoms with Gasteiger partial charge in [-0.25, -0.2) is 4.98 Å². The number of H-pyrrole nitrogens is 1. The van der Waals surface area contributed by atoms with Crippen molar-refractivity contribution in [3.63, 3.8) is 0 Å². The van der Waals surface area contributed by atoms with Crippen molar-refractivity contribution in [2.24, 2.45) is 0 Å². The van der Waals surface area contributed by atoms with Crippen LogP contribution < -0.4 is 5.56 Å². The molecule has 1 saturated heterocycles. The van der Waals surface area contributed by atoms with E-state index in [9.17, 15) is 9.59 Å². The van der Waals surface area contributed by atoms with Crippen LogP contribution in [0.4, 0.5) is 0 Å². The van der Waals surface area contributed by atoms with Crippen molar-refractivity contribution in [2.75, 3.05) is 17.6 Å². The van der Waals surface area contributed by atoms with Crippen LogP contribution >= 0.6 is 27.7 Å². The number of alkyl halides is 1. The SMILES string of the molecule is CC1(c2nc3ccccc3c(=O)[nH]2)SCCN1C(=O)CBr. The number of aromatic nitrogens is 2. The molecule has 1 fully saturated rings. The van der Waals surface area contributed by atoms with E-state index in [1.165, 1.54) is 0 Å². The molecule has 110 valence electrons.